The van der Waals surface area contributed by atoms with E-state index in [-0.39, 0.29) is 42.7 Å². The summed E-state index contributed by atoms with van der Waals surface area (Å²) < 4.78 is 0. The fraction of sp³-hybridized carbons (Fsp3) is 0.529. The molecule has 0 radical (unpaired) electrons. The number of amides is 2. The Balaban J connectivity index is 0.00000169. The Hall–Kier alpha value is -1.38. The SMILES string of the molecule is CN1CCN(C(=O)c2ccc(NC(=O)C3CC(O)CN3)cc2)CC1.Cl.Cl. The second-order valence-electron chi connectivity index (χ2n) is 6.51. The van der Waals surface area contributed by atoms with E-state index < -0.39 is 6.10 Å². The van der Waals surface area contributed by atoms with Gasteiger partial charge in [0.1, 0.15) is 0 Å². The number of nitrogens with one attached hydrogen (secondary N) is 2. The molecule has 2 amide bonds. The summed E-state index contributed by atoms with van der Waals surface area (Å²) in [6, 6.07) is 6.60. The van der Waals surface area contributed by atoms with Gasteiger partial charge in [0.05, 0.1) is 12.1 Å². The molecule has 2 fully saturated rings. The highest BCUT2D eigenvalue weighted by Crippen LogP contribution is 2.15. The highest BCUT2D eigenvalue weighted by Gasteiger charge is 2.28. The van der Waals surface area contributed by atoms with Crippen molar-refractivity contribution >= 4 is 42.3 Å². The lowest BCUT2D eigenvalue weighted by atomic mass is 10.1. The number of β-amino-alcohol motifs (C(OH)–C–C–N with tert-alkyl or cyclic N) is 1. The predicted molar refractivity (Wildman–Crippen MR) is 105 cm³/mol. The Morgan fingerprint density at radius 2 is 1.73 bits per heavy atom. The molecule has 0 saturated carbocycles. The van der Waals surface area contributed by atoms with Gasteiger partial charge in [0.25, 0.3) is 5.91 Å². The molecule has 3 N–H and O–H groups in total. The van der Waals surface area contributed by atoms with Crippen molar-refractivity contribution < 1.29 is 14.7 Å². The number of hydrogen-bond donors (Lipinski definition) is 3. The standard InChI is InChI=1S/C17H24N4O3.2ClH/c1-20-6-8-21(9-7-20)17(24)12-2-4-13(5-3-12)19-16(23)15-10-14(22)11-18-15;;/h2-5,14-15,18,22H,6-11H2,1H3,(H,19,23);2*1H. The molecule has 9 heteroatoms. The van der Waals surface area contributed by atoms with Gasteiger partial charge in [-0.3, -0.25) is 9.59 Å². The molecule has 2 aliphatic heterocycles. The molecule has 26 heavy (non-hydrogen) atoms. The minimum Gasteiger partial charge on any atom is -0.392 e. The monoisotopic (exact) mass is 404 g/mol. The molecule has 7 nitrogen and oxygen atoms in total. The number of aliphatic hydroxyl groups excluding tert-OH is 1. The van der Waals surface area contributed by atoms with Crippen LogP contribution in [0.5, 0.6) is 0 Å². The maximum Gasteiger partial charge on any atom is 0.253 e. The number of rotatable bonds is 3. The minimum absolute atomic E-state index is 0. The number of aliphatic hydroxyl groups is 1. The quantitative estimate of drug-likeness (QED) is 0.685. The Labute approximate surface area is 165 Å². The molecule has 2 unspecified atom stereocenters. The van der Waals surface area contributed by atoms with E-state index in [9.17, 15) is 14.7 Å². The number of nitrogens with zero attached hydrogens (tertiary/aromatic N) is 2. The molecule has 146 valence electrons. The Kier molecular flexibility index (Phi) is 8.79. The van der Waals surface area contributed by atoms with Crippen LogP contribution in [0.1, 0.15) is 16.8 Å². The fourth-order valence-electron chi connectivity index (χ4n) is 3.03. The molecule has 2 saturated heterocycles. The summed E-state index contributed by atoms with van der Waals surface area (Å²) in [6.07, 6.45) is -0.0458. The molecule has 0 aliphatic carbocycles. The first-order valence-electron chi connectivity index (χ1n) is 8.33. The third-order valence-electron chi connectivity index (χ3n) is 4.61. The first kappa shape index (κ1) is 22.7. The van der Waals surface area contributed by atoms with Gasteiger partial charge in [-0.25, -0.2) is 0 Å². The number of piperazine rings is 1. The first-order valence-corrected chi connectivity index (χ1v) is 8.33. The molecule has 0 spiro atoms. The number of anilines is 1. The van der Waals surface area contributed by atoms with Gasteiger partial charge in [-0.15, -0.1) is 24.8 Å². The van der Waals surface area contributed by atoms with Gasteiger partial charge in [0.15, 0.2) is 0 Å². The summed E-state index contributed by atoms with van der Waals surface area (Å²) >= 11 is 0. The van der Waals surface area contributed by atoms with Gasteiger partial charge in [0, 0.05) is 44.0 Å². The maximum atomic E-state index is 12.5. The molecule has 2 atom stereocenters. The highest BCUT2D eigenvalue weighted by molar-refractivity contribution is 5.97. The zero-order chi connectivity index (χ0) is 17.1. The molecule has 1 aromatic carbocycles. The van der Waals surface area contributed by atoms with E-state index in [0.29, 0.717) is 24.2 Å². The topological polar surface area (TPSA) is 84.9 Å². The molecular formula is C17H26Cl2N4O3. The molecule has 0 bridgehead atoms. The van der Waals surface area contributed by atoms with Gasteiger partial charge in [-0.05, 0) is 37.7 Å². The Bertz CT molecular complexity index is 607. The van der Waals surface area contributed by atoms with Crippen LogP contribution >= 0.6 is 24.8 Å². The van der Waals surface area contributed by atoms with Crippen molar-refractivity contribution in [3.05, 3.63) is 29.8 Å². The average Bonchev–Trinajstić information content (AvgIpc) is 3.02. The van der Waals surface area contributed by atoms with E-state index in [4.69, 9.17) is 0 Å². The second-order valence-corrected chi connectivity index (χ2v) is 6.51. The van der Waals surface area contributed by atoms with Gasteiger partial charge in [-0.1, -0.05) is 0 Å². The number of carbonyl (C=O) groups excluding carboxylic acids is 2. The van der Waals surface area contributed by atoms with Crippen LogP contribution in [-0.4, -0.2) is 78.6 Å². The molecule has 0 aromatic heterocycles. The van der Waals surface area contributed by atoms with E-state index in [1.165, 1.54) is 0 Å². The van der Waals surface area contributed by atoms with Crippen molar-refractivity contribution in [1.29, 1.82) is 0 Å². The van der Waals surface area contributed by atoms with Gasteiger partial charge < -0.3 is 25.5 Å². The normalized spacial score (nSPS) is 22.9. The zero-order valence-corrected chi connectivity index (χ0v) is 16.3. The van der Waals surface area contributed by atoms with Gasteiger partial charge in [-0.2, -0.15) is 0 Å². The lowest BCUT2D eigenvalue weighted by Crippen LogP contribution is -2.47. The molecular weight excluding hydrogens is 379 g/mol. The summed E-state index contributed by atoms with van der Waals surface area (Å²) in [5, 5.41) is 15.3. The van der Waals surface area contributed by atoms with Gasteiger partial charge >= 0.3 is 0 Å². The largest absolute Gasteiger partial charge is 0.392 e. The Morgan fingerprint density at radius 3 is 2.27 bits per heavy atom. The van der Waals surface area contributed by atoms with Crippen molar-refractivity contribution in [3.8, 4) is 0 Å². The van der Waals surface area contributed by atoms with Crippen molar-refractivity contribution in [2.24, 2.45) is 0 Å². The summed E-state index contributed by atoms with van der Waals surface area (Å²) in [5.41, 5.74) is 1.28. The van der Waals surface area contributed by atoms with E-state index >= 15 is 0 Å². The summed E-state index contributed by atoms with van der Waals surface area (Å²) in [5.74, 6) is -0.133. The van der Waals surface area contributed by atoms with Crippen molar-refractivity contribution in [2.45, 2.75) is 18.6 Å². The highest BCUT2D eigenvalue weighted by atomic mass is 35.5. The molecule has 1 aromatic rings. The number of halogens is 2. The van der Waals surface area contributed by atoms with E-state index in [0.717, 1.165) is 26.2 Å². The third-order valence-corrected chi connectivity index (χ3v) is 4.61. The number of likely N-dealkylation sites (N-methyl/N-ethyl adjacent to an activating group) is 1. The molecule has 2 aliphatic rings. The van der Waals surface area contributed by atoms with Gasteiger partial charge in [0.2, 0.25) is 5.91 Å². The van der Waals surface area contributed by atoms with Crippen LogP contribution in [0.15, 0.2) is 24.3 Å². The van der Waals surface area contributed by atoms with Crippen molar-refractivity contribution in [3.63, 3.8) is 0 Å². The lowest BCUT2D eigenvalue weighted by Gasteiger charge is -2.32. The second kappa shape index (κ2) is 10.1. The average molecular weight is 405 g/mol. The Morgan fingerprint density at radius 1 is 1.12 bits per heavy atom. The van der Waals surface area contributed by atoms with Crippen LogP contribution in [-0.2, 0) is 4.79 Å². The number of hydrogen-bond acceptors (Lipinski definition) is 5. The molecule has 2 heterocycles. The van der Waals surface area contributed by atoms with E-state index in [1.54, 1.807) is 24.3 Å². The lowest BCUT2D eigenvalue weighted by molar-refractivity contribution is -0.117. The first-order chi connectivity index (χ1) is 11.5. The van der Waals surface area contributed by atoms with Crippen LogP contribution in [0.3, 0.4) is 0 Å². The fourth-order valence-corrected chi connectivity index (χ4v) is 3.03. The summed E-state index contributed by atoms with van der Waals surface area (Å²) in [7, 11) is 2.05. The number of carbonyl (C=O) groups is 2. The summed E-state index contributed by atoms with van der Waals surface area (Å²) in [4.78, 5) is 28.6. The third kappa shape index (κ3) is 5.56. The van der Waals surface area contributed by atoms with Crippen LogP contribution in [0.25, 0.3) is 0 Å². The predicted octanol–water partition coefficient (Wildman–Crippen LogP) is 0.579. The maximum absolute atomic E-state index is 12.5. The van der Waals surface area contributed by atoms with Crippen molar-refractivity contribution in [1.82, 2.24) is 15.1 Å². The van der Waals surface area contributed by atoms with E-state index in [2.05, 4.69) is 22.6 Å². The zero-order valence-electron chi connectivity index (χ0n) is 14.7. The smallest absolute Gasteiger partial charge is 0.253 e. The van der Waals surface area contributed by atoms with Crippen LogP contribution in [0, 0.1) is 0 Å². The van der Waals surface area contributed by atoms with E-state index in [1.807, 2.05) is 4.90 Å². The molecule has 3 rings (SSSR count). The number of benzene rings is 1. The van der Waals surface area contributed by atoms with Crippen LogP contribution in [0.4, 0.5) is 5.69 Å². The van der Waals surface area contributed by atoms with Crippen LogP contribution < -0.4 is 10.6 Å². The van der Waals surface area contributed by atoms with Crippen molar-refractivity contribution in [2.75, 3.05) is 45.1 Å². The summed E-state index contributed by atoms with van der Waals surface area (Å²) in [6.45, 7) is 3.70. The van der Waals surface area contributed by atoms with Crippen LogP contribution in [0.2, 0.25) is 0 Å². The minimum atomic E-state index is -0.468.